The molecule has 3 nitrogen and oxygen atoms in total. The van der Waals surface area contributed by atoms with E-state index in [0.717, 1.165) is 18.8 Å². The third-order valence-corrected chi connectivity index (χ3v) is 2.62. The number of hydrogen-bond donors (Lipinski definition) is 0. The predicted molar refractivity (Wildman–Crippen MR) is 51.2 cm³/mol. The van der Waals surface area contributed by atoms with E-state index in [1.54, 1.807) is 0 Å². The van der Waals surface area contributed by atoms with Gasteiger partial charge in [0.25, 0.3) is 0 Å². The van der Waals surface area contributed by atoms with Crippen LogP contribution < -0.4 is 0 Å². The fourth-order valence-electron chi connectivity index (χ4n) is 1.33. The van der Waals surface area contributed by atoms with Crippen molar-refractivity contribution in [2.45, 2.75) is 25.8 Å². The lowest BCUT2D eigenvalue weighted by molar-refractivity contribution is -0.0286. The van der Waals surface area contributed by atoms with E-state index in [1.807, 2.05) is 10.9 Å². The molecule has 1 saturated heterocycles. The first-order valence-corrected chi connectivity index (χ1v) is 4.88. The summed E-state index contributed by atoms with van der Waals surface area (Å²) in [5.74, 6) is 0.433. The summed E-state index contributed by atoms with van der Waals surface area (Å²) in [5, 5.41) is 4.88. The number of aromatic nitrogens is 2. The summed E-state index contributed by atoms with van der Waals surface area (Å²) in [5.41, 5.74) is 1.12. The average Bonchev–Trinajstić information content (AvgIpc) is 2.27. The van der Waals surface area contributed by atoms with Crippen LogP contribution in [0.2, 0.25) is 5.15 Å². The van der Waals surface area contributed by atoms with E-state index < -0.39 is 0 Å². The molecule has 4 heteroatoms. The van der Waals surface area contributed by atoms with Gasteiger partial charge in [0.15, 0.2) is 5.15 Å². The van der Waals surface area contributed by atoms with Gasteiger partial charge in [0.2, 0.25) is 0 Å². The summed E-state index contributed by atoms with van der Waals surface area (Å²) in [6, 6.07) is 0.394. The first kappa shape index (κ1) is 9.03. The molecule has 1 fully saturated rings. The molecule has 0 amide bonds. The minimum atomic E-state index is 0.394. The maximum atomic E-state index is 5.99. The molecule has 72 valence electrons. The van der Waals surface area contributed by atoms with E-state index in [1.165, 1.54) is 0 Å². The third kappa shape index (κ3) is 1.58. The normalized spacial score (nSPS) is 17.8. The predicted octanol–water partition coefficient (Wildman–Crippen LogP) is 2.23. The highest BCUT2D eigenvalue weighted by Gasteiger charge is 2.23. The van der Waals surface area contributed by atoms with Crippen molar-refractivity contribution in [3.8, 4) is 0 Å². The molecule has 2 heterocycles. The van der Waals surface area contributed by atoms with Gasteiger partial charge in [-0.1, -0.05) is 25.4 Å². The second-order valence-corrected chi connectivity index (χ2v) is 4.06. The van der Waals surface area contributed by atoms with Crippen molar-refractivity contribution >= 4 is 11.6 Å². The van der Waals surface area contributed by atoms with Gasteiger partial charge >= 0.3 is 0 Å². The van der Waals surface area contributed by atoms with Crippen LogP contribution in [0.5, 0.6) is 0 Å². The second kappa shape index (κ2) is 3.31. The average molecular weight is 201 g/mol. The molecule has 13 heavy (non-hydrogen) atoms. The highest BCUT2D eigenvalue weighted by atomic mass is 35.5. The number of nitrogens with zero attached hydrogens (tertiary/aromatic N) is 2. The Hall–Kier alpha value is -0.540. The lowest BCUT2D eigenvalue weighted by atomic mass is 10.1. The van der Waals surface area contributed by atoms with Crippen molar-refractivity contribution in [3.63, 3.8) is 0 Å². The van der Waals surface area contributed by atoms with E-state index in [4.69, 9.17) is 16.3 Å². The summed E-state index contributed by atoms with van der Waals surface area (Å²) >= 11 is 5.99. The zero-order valence-electron chi connectivity index (χ0n) is 7.83. The van der Waals surface area contributed by atoms with Crippen molar-refractivity contribution in [1.82, 2.24) is 9.78 Å². The summed E-state index contributed by atoms with van der Waals surface area (Å²) in [6.07, 6.45) is 2.03. The number of halogens is 1. The molecule has 1 aliphatic heterocycles. The third-order valence-electron chi connectivity index (χ3n) is 2.33. The number of hydrogen-bond acceptors (Lipinski definition) is 2. The standard InChI is InChI=1S/C9H13ClN2O/c1-6(2)8-3-12(11-9(8)10)7-4-13-5-7/h3,6-7H,4-5H2,1-2H3. The molecule has 0 N–H and O–H groups in total. The van der Waals surface area contributed by atoms with E-state index in [0.29, 0.717) is 17.1 Å². The Labute approximate surface area is 82.6 Å². The van der Waals surface area contributed by atoms with E-state index in [2.05, 4.69) is 18.9 Å². The molecule has 0 spiro atoms. The van der Waals surface area contributed by atoms with Crippen molar-refractivity contribution in [2.24, 2.45) is 0 Å². The Morgan fingerprint density at radius 3 is 2.69 bits per heavy atom. The van der Waals surface area contributed by atoms with Crippen molar-refractivity contribution < 1.29 is 4.74 Å². The molecule has 0 bridgehead atoms. The smallest absolute Gasteiger partial charge is 0.154 e. The molecule has 0 saturated carbocycles. The molecule has 2 rings (SSSR count). The maximum absolute atomic E-state index is 5.99. The Morgan fingerprint density at radius 1 is 1.62 bits per heavy atom. The van der Waals surface area contributed by atoms with Gasteiger partial charge in [0.05, 0.1) is 19.3 Å². The van der Waals surface area contributed by atoms with Gasteiger partial charge in [-0.15, -0.1) is 0 Å². The van der Waals surface area contributed by atoms with Gasteiger partial charge in [0.1, 0.15) is 0 Å². The molecule has 0 unspecified atom stereocenters. The van der Waals surface area contributed by atoms with Crippen molar-refractivity contribution in [2.75, 3.05) is 13.2 Å². The summed E-state index contributed by atoms with van der Waals surface area (Å²) in [4.78, 5) is 0. The zero-order chi connectivity index (χ0) is 9.42. The maximum Gasteiger partial charge on any atom is 0.154 e. The van der Waals surface area contributed by atoms with E-state index >= 15 is 0 Å². The van der Waals surface area contributed by atoms with Crippen LogP contribution in [0.1, 0.15) is 31.4 Å². The summed E-state index contributed by atoms with van der Waals surface area (Å²) in [7, 11) is 0. The van der Waals surface area contributed by atoms with Crippen LogP contribution in [0.25, 0.3) is 0 Å². The van der Waals surface area contributed by atoms with Crippen LogP contribution in [0.4, 0.5) is 0 Å². The molecule has 1 aromatic rings. The second-order valence-electron chi connectivity index (χ2n) is 3.70. The van der Waals surface area contributed by atoms with Gasteiger partial charge < -0.3 is 4.74 Å². The Kier molecular flexibility index (Phi) is 2.30. The quantitative estimate of drug-likeness (QED) is 0.732. The highest BCUT2D eigenvalue weighted by Crippen LogP contribution is 2.26. The number of ether oxygens (including phenoxy) is 1. The van der Waals surface area contributed by atoms with E-state index in [9.17, 15) is 0 Å². The minimum absolute atomic E-state index is 0.394. The van der Waals surface area contributed by atoms with Crippen LogP contribution in [0, 0.1) is 0 Å². The Morgan fingerprint density at radius 2 is 2.31 bits per heavy atom. The monoisotopic (exact) mass is 200 g/mol. The molecule has 1 aliphatic rings. The Balaban J connectivity index is 2.23. The number of rotatable bonds is 2. The first-order valence-electron chi connectivity index (χ1n) is 4.50. The van der Waals surface area contributed by atoms with Gasteiger partial charge in [-0.3, -0.25) is 4.68 Å². The molecular formula is C9H13ClN2O. The SMILES string of the molecule is CC(C)c1cn(C2COC2)nc1Cl. The summed E-state index contributed by atoms with van der Waals surface area (Å²) < 4.78 is 7.01. The van der Waals surface area contributed by atoms with Gasteiger partial charge in [-0.2, -0.15) is 5.10 Å². The molecule has 0 atom stereocenters. The van der Waals surface area contributed by atoms with Crippen LogP contribution >= 0.6 is 11.6 Å². The molecule has 1 aromatic heterocycles. The van der Waals surface area contributed by atoms with Crippen LogP contribution in [-0.4, -0.2) is 23.0 Å². The van der Waals surface area contributed by atoms with Crippen LogP contribution in [0.3, 0.4) is 0 Å². The fourth-order valence-corrected chi connectivity index (χ4v) is 1.69. The fraction of sp³-hybridized carbons (Fsp3) is 0.667. The lowest BCUT2D eigenvalue weighted by Crippen LogP contribution is -2.30. The van der Waals surface area contributed by atoms with E-state index in [-0.39, 0.29) is 0 Å². The van der Waals surface area contributed by atoms with Gasteiger partial charge in [-0.25, -0.2) is 0 Å². The zero-order valence-corrected chi connectivity index (χ0v) is 8.58. The minimum Gasteiger partial charge on any atom is -0.377 e. The van der Waals surface area contributed by atoms with Crippen molar-refractivity contribution in [1.29, 1.82) is 0 Å². The molecular weight excluding hydrogens is 188 g/mol. The first-order chi connectivity index (χ1) is 6.18. The van der Waals surface area contributed by atoms with Crippen LogP contribution in [0.15, 0.2) is 6.20 Å². The summed E-state index contributed by atoms with van der Waals surface area (Å²) in [6.45, 7) is 5.75. The lowest BCUT2D eigenvalue weighted by Gasteiger charge is -2.25. The van der Waals surface area contributed by atoms with Gasteiger partial charge in [-0.05, 0) is 5.92 Å². The van der Waals surface area contributed by atoms with Gasteiger partial charge in [0, 0.05) is 11.8 Å². The van der Waals surface area contributed by atoms with Crippen molar-refractivity contribution in [3.05, 3.63) is 16.9 Å². The Bertz CT molecular complexity index is 305. The topological polar surface area (TPSA) is 27.1 Å². The molecule has 0 aromatic carbocycles. The largest absolute Gasteiger partial charge is 0.377 e. The molecule has 0 aliphatic carbocycles. The molecule has 0 radical (unpaired) electrons. The highest BCUT2D eigenvalue weighted by molar-refractivity contribution is 6.30. The van der Waals surface area contributed by atoms with Crippen LogP contribution in [-0.2, 0) is 4.74 Å².